The fourth-order valence-electron chi connectivity index (χ4n) is 9.04. The molecule has 13 heteroatoms. The van der Waals surface area contributed by atoms with Crippen molar-refractivity contribution in [3.05, 3.63) is 138 Å². The molecule has 13 nitrogen and oxygen atoms in total. The van der Waals surface area contributed by atoms with Crippen molar-refractivity contribution in [1.82, 2.24) is 15.1 Å². The predicted molar refractivity (Wildman–Crippen MR) is 271 cm³/mol. The van der Waals surface area contributed by atoms with E-state index in [0.717, 1.165) is 44.0 Å². The highest BCUT2D eigenvalue weighted by Gasteiger charge is 2.32. The molecule has 2 amide bonds. The Morgan fingerprint density at radius 2 is 1.87 bits per heavy atom. The lowest BCUT2D eigenvalue weighted by Crippen LogP contribution is -2.34. The van der Waals surface area contributed by atoms with Crippen molar-refractivity contribution in [2.45, 2.75) is 104 Å². The van der Waals surface area contributed by atoms with E-state index in [4.69, 9.17) is 14.3 Å². The molecule has 2 aromatic carbocycles. The molecule has 0 spiro atoms. The molecule has 4 unspecified atom stereocenters. The molecule has 4 atom stereocenters. The molecule has 5 rings (SSSR count). The van der Waals surface area contributed by atoms with Crippen LogP contribution in [0.2, 0.25) is 0 Å². The van der Waals surface area contributed by atoms with Crippen molar-refractivity contribution in [1.29, 1.82) is 0 Å². The Labute approximate surface area is 403 Å². The van der Waals surface area contributed by atoms with Gasteiger partial charge in [0.15, 0.2) is 6.61 Å². The number of phenols is 2. The van der Waals surface area contributed by atoms with E-state index >= 15 is 0 Å². The Hall–Kier alpha value is -6.34. The number of carbonyl (C=O) groups excluding carboxylic acids is 3. The summed E-state index contributed by atoms with van der Waals surface area (Å²) >= 11 is 0. The third-order valence-electron chi connectivity index (χ3n) is 12.8. The highest BCUT2D eigenvalue weighted by Crippen LogP contribution is 2.43. The van der Waals surface area contributed by atoms with Crippen LogP contribution in [0.4, 0.5) is 5.69 Å². The normalized spacial score (nSPS) is 21.9. The maximum absolute atomic E-state index is 13.1. The number of likely N-dealkylation sites (N-methyl/N-ethyl adjacent to an activating group) is 2. The number of anilines is 1. The minimum Gasteiger partial charge on any atom is -0.508 e. The maximum Gasteiger partial charge on any atom is 0.342 e. The molecule has 366 valence electrons. The van der Waals surface area contributed by atoms with Crippen LogP contribution in [0.5, 0.6) is 11.5 Å². The Balaban J connectivity index is 1.12. The second-order valence-corrected chi connectivity index (χ2v) is 17.5. The number of nitrogens with one attached hydrogen (secondary N) is 1. The molecule has 0 saturated heterocycles. The summed E-state index contributed by atoms with van der Waals surface area (Å²) in [5.74, 6) is -1.00. The Morgan fingerprint density at radius 1 is 1.06 bits per heavy atom. The van der Waals surface area contributed by atoms with Crippen molar-refractivity contribution in [2.24, 2.45) is 11.1 Å². The number of amides is 2. The third-order valence-corrected chi connectivity index (χ3v) is 12.8. The van der Waals surface area contributed by atoms with E-state index in [1.54, 1.807) is 11.0 Å². The predicted octanol–water partition coefficient (Wildman–Crippen LogP) is 9.43. The van der Waals surface area contributed by atoms with Gasteiger partial charge in [0.25, 0.3) is 5.91 Å². The molecule has 2 aromatic rings. The molecule has 0 saturated carbocycles. The van der Waals surface area contributed by atoms with Crippen LogP contribution in [0.1, 0.15) is 106 Å². The van der Waals surface area contributed by atoms with Crippen molar-refractivity contribution in [2.75, 3.05) is 57.9 Å². The summed E-state index contributed by atoms with van der Waals surface area (Å²) in [5.41, 5.74) is 6.69. The minimum absolute atomic E-state index is 0.00212. The van der Waals surface area contributed by atoms with Crippen LogP contribution >= 0.6 is 0 Å². The van der Waals surface area contributed by atoms with Gasteiger partial charge in [-0.25, -0.2) is 4.79 Å². The highest BCUT2D eigenvalue weighted by molar-refractivity contribution is 6.00. The average molecular weight is 932 g/mol. The highest BCUT2D eigenvalue weighted by atomic mass is 16.6. The van der Waals surface area contributed by atoms with E-state index < -0.39 is 11.7 Å². The number of unbranched alkanes of at least 4 members (excludes halogenated alkanes) is 2. The van der Waals surface area contributed by atoms with Crippen LogP contribution in [0.25, 0.3) is 0 Å². The van der Waals surface area contributed by atoms with E-state index in [-0.39, 0.29) is 66.4 Å². The summed E-state index contributed by atoms with van der Waals surface area (Å²) in [4.78, 5) is 50.8. The summed E-state index contributed by atoms with van der Waals surface area (Å²) in [6.45, 7) is 19.2. The van der Waals surface area contributed by atoms with Gasteiger partial charge in [-0.1, -0.05) is 100 Å². The van der Waals surface area contributed by atoms with Crippen LogP contribution < -0.4 is 10.2 Å². The topological polar surface area (TPSA) is 153 Å². The van der Waals surface area contributed by atoms with Gasteiger partial charge in [0, 0.05) is 87.7 Å². The lowest BCUT2D eigenvalue weighted by atomic mass is 9.95. The van der Waals surface area contributed by atoms with Crippen LogP contribution in [-0.2, 0) is 30.3 Å². The maximum atomic E-state index is 13.1. The van der Waals surface area contributed by atoms with Gasteiger partial charge in [-0.2, -0.15) is 0 Å². The Kier molecular flexibility index (Phi) is 20.8. The van der Waals surface area contributed by atoms with Gasteiger partial charge in [-0.3, -0.25) is 9.59 Å². The molecule has 0 bridgehead atoms. The molecule has 0 aliphatic carbocycles. The van der Waals surface area contributed by atoms with E-state index in [1.807, 2.05) is 37.3 Å². The largest absolute Gasteiger partial charge is 0.508 e. The quantitative estimate of drug-likeness (QED) is 0.0478. The zero-order valence-corrected chi connectivity index (χ0v) is 40.8. The Bertz CT molecular complexity index is 2230. The molecule has 3 heterocycles. The number of oxime groups is 1. The van der Waals surface area contributed by atoms with Crippen molar-refractivity contribution in [3.63, 3.8) is 0 Å². The first-order chi connectivity index (χ1) is 32.9. The van der Waals surface area contributed by atoms with Crippen LogP contribution in [0.3, 0.4) is 0 Å². The molecule has 0 fully saturated rings. The number of benzene rings is 2. The first kappa shape index (κ1) is 52.6. The second kappa shape index (κ2) is 26.9. The number of aromatic hydroxyl groups is 2. The van der Waals surface area contributed by atoms with E-state index in [0.29, 0.717) is 63.6 Å². The number of para-hydroxylation sites is 1. The SMILES string of the molecule is C=CC1=C(C=C)N(C)C(/C=C/C=C2/C(C)c3ccccc3N2CCCCC(=O)NCCCOC2/C=C/CCOC(=O)c3c(O)cc(O)cc3CC(=N/OCC(=O)N(CC)CCCC)/C=C/C2)C1C. The number of esters is 1. The van der Waals surface area contributed by atoms with Gasteiger partial charge in [-0.15, -0.1) is 0 Å². The van der Waals surface area contributed by atoms with E-state index in [2.05, 4.69) is 104 Å². The number of fused-ring (bicyclic) bond motifs is 2. The summed E-state index contributed by atoms with van der Waals surface area (Å²) < 4.78 is 11.7. The molecule has 0 radical (unpaired) electrons. The fraction of sp³-hybridized carbons (Fsp3) is 0.455. The van der Waals surface area contributed by atoms with Crippen molar-refractivity contribution < 1.29 is 38.9 Å². The number of hydrogen-bond acceptors (Lipinski definition) is 11. The number of carbonyl (C=O) groups is 3. The number of cyclic esters (lactones) is 1. The van der Waals surface area contributed by atoms with Gasteiger partial charge in [0.05, 0.1) is 24.5 Å². The van der Waals surface area contributed by atoms with Crippen molar-refractivity contribution in [3.8, 4) is 11.5 Å². The van der Waals surface area contributed by atoms with Gasteiger partial charge < -0.3 is 44.5 Å². The number of phenolic OH excluding ortho intramolecular Hbond substituents is 2. The van der Waals surface area contributed by atoms with Crippen LogP contribution in [0, 0.1) is 5.92 Å². The first-order valence-corrected chi connectivity index (χ1v) is 24.3. The van der Waals surface area contributed by atoms with Crippen LogP contribution in [0.15, 0.2) is 126 Å². The Morgan fingerprint density at radius 3 is 2.62 bits per heavy atom. The summed E-state index contributed by atoms with van der Waals surface area (Å²) in [6.07, 6.45) is 23.0. The average Bonchev–Trinajstić information content (AvgIpc) is 3.72. The second-order valence-electron chi connectivity index (χ2n) is 17.5. The van der Waals surface area contributed by atoms with Gasteiger partial charge in [0.2, 0.25) is 5.91 Å². The van der Waals surface area contributed by atoms with Gasteiger partial charge >= 0.3 is 5.97 Å². The summed E-state index contributed by atoms with van der Waals surface area (Å²) in [7, 11) is 2.11. The lowest BCUT2D eigenvalue weighted by Gasteiger charge is -2.24. The van der Waals surface area contributed by atoms with Crippen molar-refractivity contribution >= 4 is 29.2 Å². The standard InChI is InChI=1S/C55H73N5O8/c1-8-12-31-59(11-4)53(64)38-68-57-42-22-19-24-44(23-16-18-33-67-55(65)54-41(35-42)36-43(61)37-51(54)62)66-34-21-30-56-52(63)29-15-17-32-60-49(40(6)46-25-13-14-26-50(46)60)28-20-27-48-39(5)45(9-2)47(10-3)58(48)7/h9-10,13-14,16,19-20,22-23,25-28,36-37,39-40,44,48,61-62H,2-3,8,11-12,15,17-18,21,24,29-35,38H2,1,4-7H3,(H,56,63)/b22-19+,23-16+,27-20+,49-28-,57-42+. The smallest absolute Gasteiger partial charge is 0.342 e. The number of allylic oxidation sites excluding steroid dienone is 6. The molecule has 3 aliphatic heterocycles. The molecule has 3 aliphatic rings. The number of ether oxygens (including phenoxy) is 2. The molecular formula is C55H73N5O8. The lowest BCUT2D eigenvalue weighted by molar-refractivity contribution is -0.136. The summed E-state index contributed by atoms with van der Waals surface area (Å²) in [6, 6.07) is 11.3. The monoisotopic (exact) mass is 932 g/mol. The molecule has 3 N–H and O–H groups in total. The van der Waals surface area contributed by atoms with Gasteiger partial charge in [-0.05, 0) is 92.5 Å². The third kappa shape index (κ3) is 14.3. The first-order valence-electron chi connectivity index (χ1n) is 24.3. The molecule has 68 heavy (non-hydrogen) atoms. The van der Waals surface area contributed by atoms with E-state index in [1.165, 1.54) is 28.6 Å². The fourth-order valence-corrected chi connectivity index (χ4v) is 9.04. The zero-order chi connectivity index (χ0) is 49.0. The summed E-state index contributed by atoms with van der Waals surface area (Å²) in [5, 5.41) is 28.2. The molecule has 0 aromatic heterocycles. The zero-order valence-electron chi connectivity index (χ0n) is 40.8. The molecular weight excluding hydrogens is 859 g/mol. The number of hydrogen-bond donors (Lipinski definition) is 3. The minimum atomic E-state index is -0.740. The van der Waals surface area contributed by atoms with Gasteiger partial charge in [0.1, 0.15) is 17.1 Å². The number of nitrogens with zero attached hydrogens (tertiary/aromatic N) is 4. The number of rotatable bonds is 21. The van der Waals surface area contributed by atoms with E-state index in [9.17, 15) is 24.6 Å². The van der Waals surface area contributed by atoms with Crippen LogP contribution in [-0.4, -0.2) is 109 Å².